The van der Waals surface area contributed by atoms with Crippen molar-refractivity contribution in [1.29, 1.82) is 0 Å². The van der Waals surface area contributed by atoms with Crippen molar-refractivity contribution in [1.82, 2.24) is 10.6 Å². The van der Waals surface area contributed by atoms with E-state index in [9.17, 15) is 9.59 Å². The Morgan fingerprint density at radius 2 is 1.85 bits per heavy atom. The summed E-state index contributed by atoms with van der Waals surface area (Å²) >= 11 is 0. The standard InChI is InChI=1S/C20H32N4O3/c1-3-4-10-22-20(26)23-16-8-9-18(24-12-5-6-13-24)17(15-16)19(25)21-11-7-14-27-2/h8-9,15H,3-7,10-14H2,1-2H3,(H,21,25)(H2,22,23,26). The summed E-state index contributed by atoms with van der Waals surface area (Å²) in [4.78, 5) is 27.0. The van der Waals surface area contributed by atoms with Crippen molar-refractivity contribution in [2.24, 2.45) is 0 Å². The molecule has 0 spiro atoms. The SMILES string of the molecule is CCCCNC(=O)Nc1ccc(N2CCCC2)c(C(=O)NCCCOC)c1. The number of hydrogen-bond acceptors (Lipinski definition) is 4. The van der Waals surface area contributed by atoms with Crippen molar-refractivity contribution in [3.8, 4) is 0 Å². The summed E-state index contributed by atoms with van der Waals surface area (Å²) in [6.45, 7) is 5.79. The van der Waals surface area contributed by atoms with Crippen molar-refractivity contribution in [3.05, 3.63) is 23.8 Å². The fourth-order valence-electron chi connectivity index (χ4n) is 3.10. The average Bonchev–Trinajstić information content (AvgIpc) is 3.20. The Bertz CT molecular complexity index is 615. The van der Waals surface area contributed by atoms with Gasteiger partial charge in [-0.25, -0.2) is 4.79 Å². The van der Waals surface area contributed by atoms with Gasteiger partial charge in [0.2, 0.25) is 0 Å². The number of carbonyl (C=O) groups is 2. The van der Waals surface area contributed by atoms with Crippen molar-refractivity contribution >= 4 is 23.3 Å². The number of nitrogens with one attached hydrogen (secondary N) is 3. The third-order valence-electron chi connectivity index (χ3n) is 4.57. The van der Waals surface area contributed by atoms with Crippen LogP contribution < -0.4 is 20.9 Å². The van der Waals surface area contributed by atoms with Crippen LogP contribution in [0.5, 0.6) is 0 Å². The summed E-state index contributed by atoms with van der Waals surface area (Å²) in [5, 5.41) is 8.59. The first-order valence-electron chi connectivity index (χ1n) is 9.86. The van der Waals surface area contributed by atoms with E-state index in [1.54, 1.807) is 13.2 Å². The monoisotopic (exact) mass is 376 g/mol. The van der Waals surface area contributed by atoms with Gasteiger partial charge in [-0.3, -0.25) is 4.79 Å². The van der Waals surface area contributed by atoms with E-state index in [0.29, 0.717) is 30.9 Å². The van der Waals surface area contributed by atoms with E-state index >= 15 is 0 Å². The van der Waals surface area contributed by atoms with E-state index in [1.807, 2.05) is 12.1 Å². The summed E-state index contributed by atoms with van der Waals surface area (Å²) < 4.78 is 5.02. The molecule has 1 aromatic rings. The molecule has 0 radical (unpaired) electrons. The Labute approximate surface area is 161 Å². The highest BCUT2D eigenvalue weighted by Crippen LogP contribution is 2.27. The smallest absolute Gasteiger partial charge is 0.319 e. The van der Waals surface area contributed by atoms with Crippen LogP contribution in [-0.2, 0) is 4.74 Å². The third kappa shape index (κ3) is 6.75. The molecule has 1 aromatic carbocycles. The van der Waals surface area contributed by atoms with Gasteiger partial charge in [0.1, 0.15) is 0 Å². The maximum atomic E-state index is 12.7. The molecular weight excluding hydrogens is 344 g/mol. The number of urea groups is 1. The van der Waals surface area contributed by atoms with Crippen molar-refractivity contribution in [2.45, 2.75) is 39.0 Å². The van der Waals surface area contributed by atoms with E-state index in [0.717, 1.165) is 50.9 Å². The Morgan fingerprint density at radius 1 is 1.11 bits per heavy atom. The second kappa shape index (κ2) is 11.4. The Kier molecular flexibility index (Phi) is 8.91. The number of methoxy groups -OCH3 is 1. The molecule has 3 amide bonds. The number of hydrogen-bond donors (Lipinski definition) is 3. The van der Waals surface area contributed by atoms with Crippen molar-refractivity contribution < 1.29 is 14.3 Å². The first-order chi connectivity index (χ1) is 13.2. The van der Waals surface area contributed by atoms with Crippen molar-refractivity contribution in [3.63, 3.8) is 0 Å². The van der Waals surface area contributed by atoms with Gasteiger partial charge in [-0.2, -0.15) is 0 Å². The summed E-state index contributed by atoms with van der Waals surface area (Å²) in [6, 6.07) is 5.30. The zero-order valence-electron chi connectivity index (χ0n) is 16.5. The van der Waals surface area contributed by atoms with Gasteiger partial charge in [0.15, 0.2) is 0 Å². The number of rotatable bonds is 10. The van der Waals surface area contributed by atoms with E-state index in [4.69, 9.17) is 4.74 Å². The summed E-state index contributed by atoms with van der Waals surface area (Å²) in [7, 11) is 1.65. The van der Waals surface area contributed by atoms with Gasteiger partial charge in [-0.1, -0.05) is 13.3 Å². The molecule has 3 N–H and O–H groups in total. The molecular formula is C20H32N4O3. The predicted octanol–water partition coefficient (Wildman–Crippen LogP) is 2.97. The molecule has 1 aliphatic rings. The van der Waals surface area contributed by atoms with E-state index in [-0.39, 0.29) is 11.9 Å². The molecule has 27 heavy (non-hydrogen) atoms. The molecule has 0 unspecified atom stereocenters. The highest BCUT2D eigenvalue weighted by Gasteiger charge is 2.20. The lowest BCUT2D eigenvalue weighted by Gasteiger charge is -2.22. The van der Waals surface area contributed by atoms with Crippen molar-refractivity contribution in [2.75, 3.05) is 50.1 Å². The van der Waals surface area contributed by atoms with Crippen LogP contribution in [0.4, 0.5) is 16.2 Å². The molecule has 7 heteroatoms. The lowest BCUT2D eigenvalue weighted by Crippen LogP contribution is -2.31. The van der Waals surface area contributed by atoms with Gasteiger partial charge >= 0.3 is 6.03 Å². The van der Waals surface area contributed by atoms with E-state index in [1.165, 1.54) is 0 Å². The van der Waals surface area contributed by atoms with Gasteiger partial charge in [0.05, 0.1) is 5.56 Å². The summed E-state index contributed by atoms with van der Waals surface area (Å²) in [5.41, 5.74) is 2.14. The highest BCUT2D eigenvalue weighted by molar-refractivity contribution is 6.02. The fourth-order valence-corrected chi connectivity index (χ4v) is 3.10. The minimum atomic E-state index is -0.246. The van der Waals surface area contributed by atoms with Crippen LogP contribution >= 0.6 is 0 Å². The highest BCUT2D eigenvalue weighted by atomic mass is 16.5. The van der Waals surface area contributed by atoms with Gasteiger partial charge in [0, 0.05) is 51.3 Å². The van der Waals surface area contributed by atoms with Gasteiger partial charge in [0.25, 0.3) is 5.91 Å². The van der Waals surface area contributed by atoms with Crippen LogP contribution in [0.2, 0.25) is 0 Å². The lowest BCUT2D eigenvalue weighted by atomic mass is 10.1. The third-order valence-corrected chi connectivity index (χ3v) is 4.57. The summed E-state index contributed by atoms with van der Waals surface area (Å²) in [6.07, 6.45) is 5.00. The zero-order chi connectivity index (χ0) is 19.5. The molecule has 0 bridgehead atoms. The minimum Gasteiger partial charge on any atom is -0.385 e. The molecule has 1 fully saturated rings. The summed E-state index contributed by atoms with van der Waals surface area (Å²) in [5.74, 6) is -0.122. The molecule has 0 atom stereocenters. The Balaban J connectivity index is 2.08. The van der Waals surface area contributed by atoms with Crippen LogP contribution in [0.25, 0.3) is 0 Å². The molecule has 0 saturated carbocycles. The number of benzene rings is 1. The van der Waals surface area contributed by atoms with Crippen LogP contribution in [0.15, 0.2) is 18.2 Å². The normalized spacial score (nSPS) is 13.5. The maximum Gasteiger partial charge on any atom is 0.319 e. The molecule has 1 saturated heterocycles. The van der Waals surface area contributed by atoms with E-state index < -0.39 is 0 Å². The minimum absolute atomic E-state index is 0.122. The lowest BCUT2D eigenvalue weighted by molar-refractivity contribution is 0.0949. The second-order valence-electron chi connectivity index (χ2n) is 6.76. The molecule has 1 aliphatic heterocycles. The number of amides is 3. The number of ether oxygens (including phenoxy) is 1. The number of carbonyl (C=O) groups excluding carboxylic acids is 2. The number of anilines is 2. The van der Waals surface area contributed by atoms with Gasteiger partial charge in [-0.05, 0) is 43.9 Å². The Morgan fingerprint density at radius 3 is 2.56 bits per heavy atom. The largest absolute Gasteiger partial charge is 0.385 e. The van der Waals surface area contributed by atoms with E-state index in [2.05, 4.69) is 27.8 Å². The zero-order valence-corrected chi connectivity index (χ0v) is 16.5. The quantitative estimate of drug-likeness (QED) is 0.548. The van der Waals surface area contributed by atoms with Gasteiger partial charge < -0.3 is 25.6 Å². The number of unbranched alkanes of at least 4 members (excludes halogenated alkanes) is 1. The first-order valence-corrected chi connectivity index (χ1v) is 9.86. The molecule has 2 rings (SSSR count). The molecule has 0 aromatic heterocycles. The first kappa shape index (κ1) is 21.0. The average molecular weight is 377 g/mol. The second-order valence-corrected chi connectivity index (χ2v) is 6.76. The van der Waals surface area contributed by atoms with Crippen LogP contribution in [0.1, 0.15) is 49.4 Å². The molecule has 150 valence electrons. The molecule has 0 aliphatic carbocycles. The van der Waals surface area contributed by atoms with Crippen LogP contribution in [0, 0.1) is 0 Å². The van der Waals surface area contributed by atoms with Crippen LogP contribution in [-0.4, -0.2) is 51.8 Å². The van der Waals surface area contributed by atoms with Crippen LogP contribution in [0.3, 0.4) is 0 Å². The Hall–Kier alpha value is -2.28. The maximum absolute atomic E-state index is 12.7. The molecule has 1 heterocycles. The fraction of sp³-hybridized carbons (Fsp3) is 0.600. The topological polar surface area (TPSA) is 82.7 Å². The predicted molar refractivity (Wildman–Crippen MR) is 109 cm³/mol. The van der Waals surface area contributed by atoms with Gasteiger partial charge in [-0.15, -0.1) is 0 Å². The molecule has 7 nitrogen and oxygen atoms in total. The number of nitrogens with zero attached hydrogens (tertiary/aromatic N) is 1.